The molecular formula is C8H17O. The summed E-state index contributed by atoms with van der Waals surface area (Å²) in [5, 5.41) is 0. The van der Waals surface area contributed by atoms with E-state index in [4.69, 9.17) is 4.74 Å². The maximum absolute atomic E-state index is 5.37. The highest BCUT2D eigenvalue weighted by molar-refractivity contribution is 4.79. The van der Waals surface area contributed by atoms with E-state index in [1.807, 2.05) is 6.92 Å². The fourth-order valence-electron chi connectivity index (χ4n) is 0.862. The molecule has 55 valence electrons. The molecular weight excluding hydrogens is 112 g/mol. The molecule has 0 unspecified atom stereocenters. The van der Waals surface area contributed by atoms with Crippen molar-refractivity contribution in [3.63, 3.8) is 0 Å². The van der Waals surface area contributed by atoms with E-state index in [0.717, 1.165) is 13.0 Å². The average molecular weight is 129 g/mol. The van der Waals surface area contributed by atoms with E-state index in [-0.39, 0.29) is 0 Å². The van der Waals surface area contributed by atoms with Crippen LogP contribution < -0.4 is 0 Å². The van der Waals surface area contributed by atoms with Gasteiger partial charge in [-0.05, 0) is 19.3 Å². The molecule has 9 heavy (non-hydrogen) atoms. The van der Waals surface area contributed by atoms with Crippen molar-refractivity contribution in [3.8, 4) is 0 Å². The summed E-state index contributed by atoms with van der Waals surface area (Å²) in [6.07, 6.45) is 2.27. The lowest BCUT2D eigenvalue weighted by molar-refractivity contribution is 0.119. The molecule has 0 amide bonds. The third kappa shape index (κ3) is 3.52. The molecule has 0 aromatic heterocycles. The Kier molecular flexibility index (Phi) is 4.78. The van der Waals surface area contributed by atoms with Gasteiger partial charge in [0.15, 0.2) is 0 Å². The van der Waals surface area contributed by atoms with E-state index in [1.54, 1.807) is 0 Å². The molecule has 0 rings (SSSR count). The van der Waals surface area contributed by atoms with Crippen LogP contribution in [0.5, 0.6) is 0 Å². The van der Waals surface area contributed by atoms with Gasteiger partial charge < -0.3 is 4.74 Å². The highest BCUT2D eigenvalue weighted by atomic mass is 16.5. The van der Waals surface area contributed by atoms with Crippen LogP contribution in [0.25, 0.3) is 0 Å². The highest BCUT2D eigenvalue weighted by Gasteiger charge is 2.10. The Morgan fingerprint density at radius 1 is 1.33 bits per heavy atom. The molecule has 0 heterocycles. The van der Waals surface area contributed by atoms with Crippen LogP contribution in [0.2, 0.25) is 0 Å². The Morgan fingerprint density at radius 2 is 1.89 bits per heavy atom. The summed E-state index contributed by atoms with van der Waals surface area (Å²) in [6, 6.07) is 0. The third-order valence-electron chi connectivity index (χ3n) is 1.32. The molecule has 0 atom stereocenters. The fraction of sp³-hybridized carbons (Fsp3) is 0.875. The quantitative estimate of drug-likeness (QED) is 0.567. The lowest BCUT2D eigenvalue weighted by Crippen LogP contribution is -2.08. The van der Waals surface area contributed by atoms with Gasteiger partial charge >= 0.3 is 0 Å². The van der Waals surface area contributed by atoms with E-state index in [9.17, 15) is 0 Å². The van der Waals surface area contributed by atoms with Crippen LogP contribution in [-0.4, -0.2) is 6.61 Å². The van der Waals surface area contributed by atoms with Gasteiger partial charge in [-0.1, -0.05) is 20.8 Å². The molecule has 0 aliphatic carbocycles. The van der Waals surface area contributed by atoms with Gasteiger partial charge in [0.1, 0.15) is 0 Å². The molecule has 0 fully saturated rings. The van der Waals surface area contributed by atoms with Gasteiger partial charge in [-0.25, -0.2) is 0 Å². The van der Waals surface area contributed by atoms with Crippen LogP contribution in [0.15, 0.2) is 0 Å². The first-order valence-electron chi connectivity index (χ1n) is 3.70. The van der Waals surface area contributed by atoms with Gasteiger partial charge in [-0.2, -0.15) is 0 Å². The first-order valence-corrected chi connectivity index (χ1v) is 3.70. The molecule has 0 aromatic carbocycles. The van der Waals surface area contributed by atoms with Crippen molar-refractivity contribution in [2.75, 3.05) is 6.61 Å². The van der Waals surface area contributed by atoms with Gasteiger partial charge in [-0.15, -0.1) is 0 Å². The average Bonchev–Trinajstić information content (AvgIpc) is 1.82. The lowest BCUT2D eigenvalue weighted by atomic mass is 10.1. The van der Waals surface area contributed by atoms with Crippen LogP contribution in [-0.2, 0) is 4.74 Å². The first-order chi connectivity index (χ1) is 4.22. The molecule has 0 saturated heterocycles. The van der Waals surface area contributed by atoms with E-state index in [1.165, 1.54) is 6.10 Å². The molecule has 0 bridgehead atoms. The van der Waals surface area contributed by atoms with Gasteiger partial charge in [0.05, 0.1) is 6.10 Å². The van der Waals surface area contributed by atoms with E-state index >= 15 is 0 Å². The summed E-state index contributed by atoms with van der Waals surface area (Å²) >= 11 is 0. The Balaban J connectivity index is 3.41. The lowest BCUT2D eigenvalue weighted by Gasteiger charge is -2.16. The molecule has 0 saturated carbocycles. The summed E-state index contributed by atoms with van der Waals surface area (Å²) in [5.74, 6) is 0.579. The van der Waals surface area contributed by atoms with Crippen molar-refractivity contribution in [2.45, 2.75) is 34.1 Å². The zero-order chi connectivity index (χ0) is 7.28. The van der Waals surface area contributed by atoms with E-state index in [2.05, 4.69) is 20.8 Å². The van der Waals surface area contributed by atoms with Gasteiger partial charge in [0.2, 0.25) is 0 Å². The normalized spacial score (nSPS) is 11.3. The standard InChI is InChI=1S/C8H17O/c1-5-8(7(3)4)9-6-2/h7H,5-6H2,1-4H3. The van der Waals surface area contributed by atoms with Crippen LogP contribution in [0.3, 0.4) is 0 Å². The van der Waals surface area contributed by atoms with Crippen molar-refractivity contribution in [1.29, 1.82) is 0 Å². The van der Waals surface area contributed by atoms with Crippen molar-refractivity contribution >= 4 is 0 Å². The van der Waals surface area contributed by atoms with Crippen molar-refractivity contribution in [2.24, 2.45) is 5.92 Å². The Morgan fingerprint density at radius 3 is 2.00 bits per heavy atom. The Bertz CT molecular complexity index is 59.6. The third-order valence-corrected chi connectivity index (χ3v) is 1.32. The second-order valence-corrected chi connectivity index (χ2v) is 2.41. The van der Waals surface area contributed by atoms with Crippen LogP contribution >= 0.6 is 0 Å². The molecule has 1 radical (unpaired) electrons. The number of hydrogen-bond donors (Lipinski definition) is 0. The SMILES string of the molecule is CCO[C](CC)C(C)C. The zero-order valence-corrected chi connectivity index (χ0v) is 6.90. The van der Waals surface area contributed by atoms with Crippen molar-refractivity contribution in [3.05, 3.63) is 6.10 Å². The van der Waals surface area contributed by atoms with Gasteiger partial charge in [0, 0.05) is 6.61 Å². The van der Waals surface area contributed by atoms with Crippen LogP contribution in [0, 0.1) is 12.0 Å². The topological polar surface area (TPSA) is 9.23 Å². The van der Waals surface area contributed by atoms with Gasteiger partial charge in [0.25, 0.3) is 0 Å². The second-order valence-electron chi connectivity index (χ2n) is 2.41. The summed E-state index contributed by atoms with van der Waals surface area (Å²) in [6.45, 7) is 9.29. The van der Waals surface area contributed by atoms with Crippen LogP contribution in [0.4, 0.5) is 0 Å². The molecule has 0 aliphatic rings. The molecule has 0 N–H and O–H groups in total. The molecule has 1 nitrogen and oxygen atoms in total. The number of rotatable bonds is 4. The molecule has 0 aliphatic heterocycles. The maximum Gasteiger partial charge on any atom is 0.0993 e. The number of hydrogen-bond acceptors (Lipinski definition) is 1. The predicted octanol–water partition coefficient (Wildman–Crippen LogP) is 2.62. The predicted molar refractivity (Wildman–Crippen MR) is 40.0 cm³/mol. The van der Waals surface area contributed by atoms with Crippen LogP contribution in [0.1, 0.15) is 34.1 Å². The number of ether oxygens (including phenoxy) is 1. The highest BCUT2D eigenvalue weighted by Crippen LogP contribution is 2.17. The second kappa shape index (κ2) is 4.80. The summed E-state index contributed by atoms with van der Waals surface area (Å²) < 4.78 is 5.37. The largest absolute Gasteiger partial charge is 0.372 e. The maximum atomic E-state index is 5.37. The van der Waals surface area contributed by atoms with Crippen molar-refractivity contribution in [1.82, 2.24) is 0 Å². The summed E-state index contributed by atoms with van der Waals surface area (Å²) in [5.41, 5.74) is 0. The Hall–Kier alpha value is -0.0400. The summed E-state index contributed by atoms with van der Waals surface area (Å²) in [7, 11) is 0. The minimum atomic E-state index is 0.579. The Labute approximate surface area is 58.4 Å². The monoisotopic (exact) mass is 129 g/mol. The van der Waals surface area contributed by atoms with E-state index in [0.29, 0.717) is 5.92 Å². The first kappa shape index (κ1) is 8.96. The minimum absolute atomic E-state index is 0.579. The molecule has 0 spiro atoms. The van der Waals surface area contributed by atoms with Crippen molar-refractivity contribution < 1.29 is 4.74 Å². The molecule has 1 heteroatoms. The zero-order valence-electron chi connectivity index (χ0n) is 6.90. The smallest absolute Gasteiger partial charge is 0.0993 e. The van der Waals surface area contributed by atoms with Gasteiger partial charge in [-0.3, -0.25) is 0 Å². The fourth-order valence-corrected chi connectivity index (χ4v) is 0.862. The van der Waals surface area contributed by atoms with E-state index < -0.39 is 0 Å². The minimum Gasteiger partial charge on any atom is -0.372 e. The molecule has 0 aromatic rings. The summed E-state index contributed by atoms with van der Waals surface area (Å²) in [4.78, 5) is 0.